The smallest absolute Gasteiger partial charge is 0.487 e. The molecule has 2 aromatic carbocycles. The van der Waals surface area contributed by atoms with E-state index in [1.54, 1.807) is 60.6 Å². The maximum Gasteiger partial charge on any atom is 0.534 e. The third-order valence-corrected chi connectivity index (χ3v) is 6.13. The molecule has 0 saturated heterocycles. The molecule has 0 bridgehead atoms. The number of alkyl halides is 3. The van der Waals surface area contributed by atoms with Crippen LogP contribution in [0.15, 0.2) is 59.0 Å². The molecule has 0 atom stereocenters. The normalized spacial score (nSPS) is 12.5. The molecule has 0 aliphatic rings. The van der Waals surface area contributed by atoms with Crippen LogP contribution in [-0.2, 0) is 27.1 Å². The molecular formula is C34H41F3N2O7. The van der Waals surface area contributed by atoms with Gasteiger partial charge in [-0.1, -0.05) is 31.6 Å². The van der Waals surface area contributed by atoms with Crippen LogP contribution < -0.4 is 4.74 Å². The number of hydrogen-bond donors (Lipinski definition) is 0. The molecule has 0 N–H and O–H groups in total. The molecule has 12 heteroatoms. The molecule has 0 spiro atoms. The summed E-state index contributed by atoms with van der Waals surface area (Å²) in [5, 5.41) is 0.816. The fourth-order valence-electron chi connectivity index (χ4n) is 4.07. The number of nitrogens with zero attached hydrogens (tertiary/aromatic N) is 2. The second-order valence-corrected chi connectivity index (χ2v) is 12.5. The maximum atomic E-state index is 12.9. The summed E-state index contributed by atoms with van der Waals surface area (Å²) in [7, 11) is 0. The minimum absolute atomic E-state index is 0.0579. The quantitative estimate of drug-likeness (QED) is 0.167. The van der Waals surface area contributed by atoms with Crippen molar-refractivity contribution < 1.29 is 46.2 Å². The Labute approximate surface area is 267 Å². The summed E-state index contributed by atoms with van der Waals surface area (Å²) in [6, 6.07) is 11.9. The number of aromatic nitrogens is 1. The van der Waals surface area contributed by atoms with Crippen molar-refractivity contribution >= 4 is 17.8 Å². The van der Waals surface area contributed by atoms with Crippen LogP contribution in [0.2, 0.25) is 0 Å². The zero-order valence-electron chi connectivity index (χ0n) is 27.4. The first-order chi connectivity index (χ1) is 21.3. The number of rotatable bonds is 9. The molecular weight excluding hydrogens is 605 g/mol. The molecule has 46 heavy (non-hydrogen) atoms. The lowest BCUT2D eigenvalue weighted by Crippen LogP contribution is -2.39. The van der Waals surface area contributed by atoms with Gasteiger partial charge in [0.1, 0.15) is 35.0 Å². The zero-order chi connectivity index (χ0) is 34.3. The lowest BCUT2D eigenvalue weighted by molar-refractivity contribution is -0.137. The standard InChI is InChI=1S/C34H41F3N2O7/c1-9-11-23(18-19-39(30(40)44-32(3,4)5)46-31(41)45-33(6,7)8)25-12-10-13-27(20-25)42-21-28-22(2)43-29(38-28)24-14-16-26(17-15-24)34(35,36)37/h10,12-18,20H,9,11,19,21H2,1-8H3/b23-18+. The summed E-state index contributed by atoms with van der Waals surface area (Å²) in [6.07, 6.45) is -3.10. The molecule has 3 aromatic rings. The van der Waals surface area contributed by atoms with Crippen molar-refractivity contribution in [2.45, 2.75) is 92.2 Å². The fraction of sp³-hybridized carbons (Fsp3) is 0.441. The van der Waals surface area contributed by atoms with Gasteiger partial charge >= 0.3 is 18.4 Å². The number of aryl methyl sites for hydroxylation is 1. The summed E-state index contributed by atoms with van der Waals surface area (Å²) >= 11 is 0. The highest BCUT2D eigenvalue weighted by Gasteiger charge is 2.30. The van der Waals surface area contributed by atoms with E-state index in [0.29, 0.717) is 29.2 Å². The third-order valence-electron chi connectivity index (χ3n) is 6.13. The highest BCUT2D eigenvalue weighted by atomic mass is 19.4. The Hall–Kier alpha value is -4.48. The number of carbonyl (C=O) groups is 2. The van der Waals surface area contributed by atoms with E-state index in [9.17, 15) is 22.8 Å². The summed E-state index contributed by atoms with van der Waals surface area (Å²) in [5.74, 6) is 1.20. The van der Waals surface area contributed by atoms with Crippen LogP contribution >= 0.6 is 0 Å². The van der Waals surface area contributed by atoms with Crippen LogP contribution in [0.25, 0.3) is 17.0 Å². The highest BCUT2D eigenvalue weighted by Crippen LogP contribution is 2.32. The van der Waals surface area contributed by atoms with Gasteiger partial charge < -0.3 is 18.6 Å². The second-order valence-electron chi connectivity index (χ2n) is 12.5. The van der Waals surface area contributed by atoms with Gasteiger partial charge in [0.05, 0.1) is 12.1 Å². The predicted molar refractivity (Wildman–Crippen MR) is 166 cm³/mol. The Morgan fingerprint density at radius 3 is 2.20 bits per heavy atom. The van der Waals surface area contributed by atoms with Crippen molar-refractivity contribution in [1.82, 2.24) is 10.0 Å². The average molecular weight is 647 g/mol. The first kappa shape index (κ1) is 36.0. The Balaban J connectivity index is 1.77. The number of ether oxygens (including phenoxy) is 3. The van der Waals surface area contributed by atoms with E-state index < -0.39 is 35.2 Å². The lowest BCUT2D eigenvalue weighted by Gasteiger charge is -2.26. The minimum atomic E-state index is -4.43. The third kappa shape index (κ3) is 11.1. The van der Waals surface area contributed by atoms with Crippen LogP contribution in [0.1, 0.15) is 83.9 Å². The Morgan fingerprint density at radius 2 is 1.61 bits per heavy atom. The van der Waals surface area contributed by atoms with Gasteiger partial charge in [0, 0.05) is 5.56 Å². The molecule has 0 unspecified atom stereocenters. The van der Waals surface area contributed by atoms with E-state index in [1.165, 1.54) is 12.1 Å². The molecule has 0 fully saturated rings. The van der Waals surface area contributed by atoms with E-state index in [0.717, 1.165) is 34.8 Å². The number of benzene rings is 2. The zero-order valence-corrected chi connectivity index (χ0v) is 27.4. The van der Waals surface area contributed by atoms with Gasteiger partial charge in [0.25, 0.3) is 0 Å². The summed E-state index contributed by atoms with van der Waals surface area (Å²) < 4.78 is 61.1. The molecule has 0 aliphatic heterocycles. The highest BCUT2D eigenvalue weighted by molar-refractivity contribution is 5.72. The molecule has 250 valence electrons. The lowest BCUT2D eigenvalue weighted by atomic mass is 10.0. The van der Waals surface area contributed by atoms with Gasteiger partial charge in [0.15, 0.2) is 0 Å². The number of carbonyl (C=O) groups excluding carboxylic acids is 2. The van der Waals surface area contributed by atoms with Crippen molar-refractivity contribution in [3.05, 3.63) is 77.2 Å². The monoisotopic (exact) mass is 646 g/mol. The van der Waals surface area contributed by atoms with Crippen LogP contribution in [0.3, 0.4) is 0 Å². The molecule has 1 heterocycles. The Kier molecular flexibility index (Phi) is 11.5. The average Bonchev–Trinajstić information content (AvgIpc) is 3.31. The van der Waals surface area contributed by atoms with Crippen molar-refractivity contribution in [3.8, 4) is 17.2 Å². The van der Waals surface area contributed by atoms with Gasteiger partial charge in [-0.2, -0.15) is 13.2 Å². The first-order valence-corrected chi connectivity index (χ1v) is 14.8. The van der Waals surface area contributed by atoms with Crippen molar-refractivity contribution in [3.63, 3.8) is 0 Å². The molecule has 0 radical (unpaired) electrons. The molecule has 1 amide bonds. The van der Waals surface area contributed by atoms with Gasteiger partial charge in [-0.3, -0.25) is 4.84 Å². The largest absolute Gasteiger partial charge is 0.534 e. The number of halogens is 3. The van der Waals surface area contributed by atoms with Crippen LogP contribution in [0, 0.1) is 6.92 Å². The van der Waals surface area contributed by atoms with Gasteiger partial charge in [-0.05, 0) is 102 Å². The summed E-state index contributed by atoms with van der Waals surface area (Å²) in [6.45, 7) is 13.8. The van der Waals surface area contributed by atoms with Crippen molar-refractivity contribution in [2.24, 2.45) is 0 Å². The molecule has 1 aromatic heterocycles. The van der Waals surface area contributed by atoms with E-state index >= 15 is 0 Å². The topological polar surface area (TPSA) is 100 Å². The van der Waals surface area contributed by atoms with Crippen molar-refractivity contribution in [1.29, 1.82) is 0 Å². The second kappa shape index (κ2) is 14.7. The Bertz CT molecular complexity index is 1520. The number of hydroxylamine groups is 2. The van der Waals surface area contributed by atoms with Crippen LogP contribution in [0.4, 0.5) is 22.8 Å². The molecule has 3 rings (SSSR count). The van der Waals surface area contributed by atoms with Crippen LogP contribution in [0.5, 0.6) is 5.75 Å². The van der Waals surface area contributed by atoms with Gasteiger partial charge in [-0.25, -0.2) is 14.6 Å². The van der Waals surface area contributed by atoms with Crippen LogP contribution in [-0.4, -0.2) is 40.0 Å². The van der Waals surface area contributed by atoms with Gasteiger partial charge in [-0.15, -0.1) is 5.06 Å². The minimum Gasteiger partial charge on any atom is -0.487 e. The maximum absolute atomic E-state index is 12.9. The molecule has 9 nitrogen and oxygen atoms in total. The van der Waals surface area contributed by atoms with Crippen molar-refractivity contribution in [2.75, 3.05) is 6.54 Å². The number of oxazole rings is 1. The summed E-state index contributed by atoms with van der Waals surface area (Å²) in [4.78, 5) is 34.9. The van der Waals surface area contributed by atoms with E-state index in [4.69, 9.17) is 23.5 Å². The van der Waals surface area contributed by atoms with E-state index in [-0.39, 0.29) is 19.0 Å². The van der Waals surface area contributed by atoms with Gasteiger partial charge in [0.2, 0.25) is 5.89 Å². The summed E-state index contributed by atoms with van der Waals surface area (Å²) in [5.41, 5.74) is 0.197. The Morgan fingerprint density at radius 1 is 0.957 bits per heavy atom. The predicted octanol–water partition coefficient (Wildman–Crippen LogP) is 9.54. The number of hydrogen-bond acceptors (Lipinski definition) is 8. The SMILES string of the molecule is CCC/C(=C\CN(OC(=O)OC(C)(C)C)C(=O)OC(C)(C)C)c1cccc(OCc2nc(-c3ccc(C(F)(F)F)cc3)oc2C)c1. The first-order valence-electron chi connectivity index (χ1n) is 14.8. The number of amides is 1. The van der Waals surface area contributed by atoms with E-state index in [2.05, 4.69) is 4.98 Å². The number of allylic oxidation sites excluding steroid dienone is 1. The fourth-order valence-corrected chi connectivity index (χ4v) is 4.07. The molecule has 0 aliphatic carbocycles. The van der Waals surface area contributed by atoms with E-state index in [1.807, 2.05) is 25.1 Å². The molecule has 0 saturated carbocycles.